The van der Waals surface area contributed by atoms with Crippen LogP contribution >= 0.6 is 0 Å². The van der Waals surface area contributed by atoms with E-state index in [4.69, 9.17) is 10.5 Å². The van der Waals surface area contributed by atoms with Crippen molar-refractivity contribution >= 4 is 17.5 Å². The lowest BCUT2D eigenvalue weighted by atomic mass is 10.1. The molecule has 0 unspecified atom stereocenters. The van der Waals surface area contributed by atoms with E-state index in [0.29, 0.717) is 23.5 Å². The predicted molar refractivity (Wildman–Crippen MR) is 63.5 cm³/mol. The molecule has 6 heteroatoms. The summed E-state index contributed by atoms with van der Waals surface area (Å²) in [5.41, 5.74) is 6.25. The highest BCUT2D eigenvalue weighted by Crippen LogP contribution is 2.17. The molecule has 0 atom stereocenters. The lowest BCUT2D eigenvalue weighted by Gasteiger charge is -2.23. The second-order valence-electron chi connectivity index (χ2n) is 3.78. The minimum Gasteiger partial charge on any atom is -0.394 e. The Bertz CT molecular complexity index is 351. The summed E-state index contributed by atoms with van der Waals surface area (Å²) < 4.78 is 5.29. The number of hydrogen-bond acceptors (Lipinski definition) is 6. The molecule has 0 spiro atoms. The number of aromatic nitrogens is 2. The van der Waals surface area contributed by atoms with Crippen LogP contribution in [0.15, 0.2) is 6.20 Å². The smallest absolute Gasteiger partial charge is 0.224 e. The Balaban J connectivity index is 2.03. The van der Waals surface area contributed by atoms with E-state index in [1.165, 1.54) is 0 Å². The van der Waals surface area contributed by atoms with Crippen LogP contribution in [0.2, 0.25) is 0 Å². The molecule has 0 aliphatic carbocycles. The summed E-state index contributed by atoms with van der Waals surface area (Å²) in [6.07, 6.45) is 3.59. The Morgan fingerprint density at radius 3 is 2.88 bits per heavy atom. The maximum Gasteiger partial charge on any atom is 0.224 e. The Kier molecular flexibility index (Phi) is 3.40. The molecule has 0 saturated carbocycles. The van der Waals surface area contributed by atoms with E-state index in [0.717, 1.165) is 26.1 Å². The molecule has 1 fully saturated rings. The molecule has 1 saturated heterocycles. The van der Waals surface area contributed by atoms with Gasteiger partial charge in [0.15, 0.2) is 5.82 Å². The maximum atomic E-state index is 5.70. The van der Waals surface area contributed by atoms with Gasteiger partial charge in [-0.25, -0.2) is 4.98 Å². The minimum absolute atomic E-state index is 0.391. The van der Waals surface area contributed by atoms with Gasteiger partial charge in [-0.3, -0.25) is 0 Å². The van der Waals surface area contributed by atoms with Crippen molar-refractivity contribution in [2.75, 3.05) is 36.6 Å². The SMILES string of the molecule is CNc1nc(NC2CCOCC2)ncc1N. The third-order valence-electron chi connectivity index (χ3n) is 2.61. The number of nitrogens with zero attached hydrogens (tertiary/aromatic N) is 2. The number of nitrogen functional groups attached to an aromatic ring is 1. The van der Waals surface area contributed by atoms with Gasteiger partial charge < -0.3 is 21.1 Å². The van der Waals surface area contributed by atoms with Crippen molar-refractivity contribution in [1.82, 2.24) is 9.97 Å². The molecule has 4 N–H and O–H groups in total. The van der Waals surface area contributed by atoms with Crippen molar-refractivity contribution in [2.24, 2.45) is 0 Å². The van der Waals surface area contributed by atoms with Crippen LogP contribution in [0.1, 0.15) is 12.8 Å². The van der Waals surface area contributed by atoms with Gasteiger partial charge in [-0.05, 0) is 12.8 Å². The Labute approximate surface area is 94.6 Å². The zero-order chi connectivity index (χ0) is 11.4. The van der Waals surface area contributed by atoms with Crippen molar-refractivity contribution in [2.45, 2.75) is 18.9 Å². The molecule has 0 radical (unpaired) electrons. The van der Waals surface area contributed by atoms with Crippen LogP contribution in [0, 0.1) is 0 Å². The highest BCUT2D eigenvalue weighted by Gasteiger charge is 2.14. The molecule has 0 bridgehead atoms. The molecule has 1 aliphatic heterocycles. The van der Waals surface area contributed by atoms with E-state index in [-0.39, 0.29) is 0 Å². The van der Waals surface area contributed by atoms with E-state index in [1.807, 2.05) is 0 Å². The van der Waals surface area contributed by atoms with E-state index < -0.39 is 0 Å². The topological polar surface area (TPSA) is 85.1 Å². The van der Waals surface area contributed by atoms with Crippen LogP contribution in [-0.2, 0) is 4.74 Å². The number of nitrogens with two attached hydrogens (primary N) is 1. The Morgan fingerprint density at radius 1 is 1.44 bits per heavy atom. The first-order chi connectivity index (χ1) is 7.79. The van der Waals surface area contributed by atoms with Crippen LogP contribution in [0.5, 0.6) is 0 Å². The number of hydrogen-bond donors (Lipinski definition) is 3. The highest BCUT2D eigenvalue weighted by molar-refractivity contribution is 5.61. The number of rotatable bonds is 3. The quantitative estimate of drug-likeness (QED) is 0.699. The van der Waals surface area contributed by atoms with Crippen LogP contribution in [0.25, 0.3) is 0 Å². The van der Waals surface area contributed by atoms with Crippen molar-refractivity contribution < 1.29 is 4.74 Å². The molecule has 2 heterocycles. The summed E-state index contributed by atoms with van der Waals surface area (Å²) >= 11 is 0. The second-order valence-corrected chi connectivity index (χ2v) is 3.78. The molecule has 6 nitrogen and oxygen atoms in total. The summed E-state index contributed by atoms with van der Waals surface area (Å²) in [5, 5.41) is 6.22. The van der Waals surface area contributed by atoms with Crippen molar-refractivity contribution in [3.05, 3.63) is 6.20 Å². The average molecular weight is 223 g/mol. The summed E-state index contributed by atoms with van der Waals surface area (Å²) in [6, 6.07) is 0.391. The summed E-state index contributed by atoms with van der Waals surface area (Å²) in [4.78, 5) is 8.44. The first kappa shape index (κ1) is 10.9. The zero-order valence-electron chi connectivity index (χ0n) is 9.36. The van der Waals surface area contributed by atoms with Crippen LogP contribution in [0.4, 0.5) is 17.5 Å². The number of nitrogens with one attached hydrogen (secondary N) is 2. The fourth-order valence-electron chi connectivity index (χ4n) is 1.69. The molecule has 88 valence electrons. The fourth-order valence-corrected chi connectivity index (χ4v) is 1.69. The summed E-state index contributed by atoms with van der Waals surface area (Å²) in [7, 11) is 1.79. The van der Waals surface area contributed by atoms with Gasteiger partial charge in [0.1, 0.15) is 0 Å². The van der Waals surface area contributed by atoms with Crippen LogP contribution in [-0.4, -0.2) is 36.3 Å². The van der Waals surface area contributed by atoms with E-state index in [2.05, 4.69) is 20.6 Å². The van der Waals surface area contributed by atoms with Gasteiger partial charge >= 0.3 is 0 Å². The normalized spacial score (nSPS) is 17.1. The van der Waals surface area contributed by atoms with E-state index in [9.17, 15) is 0 Å². The van der Waals surface area contributed by atoms with Crippen molar-refractivity contribution in [3.8, 4) is 0 Å². The van der Waals surface area contributed by atoms with Crippen molar-refractivity contribution in [3.63, 3.8) is 0 Å². The zero-order valence-corrected chi connectivity index (χ0v) is 9.36. The average Bonchev–Trinajstić information content (AvgIpc) is 2.33. The predicted octanol–water partition coefficient (Wildman–Crippen LogP) is 0.691. The monoisotopic (exact) mass is 223 g/mol. The summed E-state index contributed by atoms with van der Waals surface area (Å²) in [5.74, 6) is 1.27. The van der Waals surface area contributed by atoms with Gasteiger partial charge in [0.2, 0.25) is 5.95 Å². The molecule has 2 rings (SSSR count). The third kappa shape index (κ3) is 2.52. The van der Waals surface area contributed by atoms with Gasteiger partial charge in [-0.15, -0.1) is 0 Å². The van der Waals surface area contributed by atoms with Crippen molar-refractivity contribution in [1.29, 1.82) is 0 Å². The van der Waals surface area contributed by atoms with Gasteiger partial charge in [0, 0.05) is 26.3 Å². The van der Waals surface area contributed by atoms with Gasteiger partial charge in [-0.2, -0.15) is 4.98 Å². The van der Waals surface area contributed by atoms with Crippen LogP contribution < -0.4 is 16.4 Å². The molecule has 16 heavy (non-hydrogen) atoms. The molecule has 1 aliphatic rings. The lowest BCUT2D eigenvalue weighted by molar-refractivity contribution is 0.0903. The molecular formula is C10H17N5O. The first-order valence-electron chi connectivity index (χ1n) is 5.44. The second kappa shape index (κ2) is 4.98. The lowest BCUT2D eigenvalue weighted by Crippen LogP contribution is -2.28. The third-order valence-corrected chi connectivity index (χ3v) is 2.61. The molecule has 0 aromatic carbocycles. The first-order valence-corrected chi connectivity index (χ1v) is 5.44. The van der Waals surface area contributed by atoms with Gasteiger partial charge in [-0.1, -0.05) is 0 Å². The minimum atomic E-state index is 0.391. The number of anilines is 3. The maximum absolute atomic E-state index is 5.70. The molecule has 1 aromatic heterocycles. The number of ether oxygens (including phenoxy) is 1. The molecule has 0 amide bonds. The van der Waals surface area contributed by atoms with E-state index in [1.54, 1.807) is 13.2 Å². The van der Waals surface area contributed by atoms with Crippen LogP contribution in [0.3, 0.4) is 0 Å². The largest absolute Gasteiger partial charge is 0.394 e. The highest BCUT2D eigenvalue weighted by atomic mass is 16.5. The summed E-state index contributed by atoms with van der Waals surface area (Å²) in [6.45, 7) is 1.59. The van der Waals surface area contributed by atoms with E-state index >= 15 is 0 Å². The van der Waals surface area contributed by atoms with Gasteiger partial charge in [0.25, 0.3) is 0 Å². The standard InChI is InChI=1S/C10H17N5O/c1-12-9-8(11)6-13-10(15-9)14-7-2-4-16-5-3-7/h6-7H,2-5,11H2,1H3,(H2,12,13,14,15). The Hall–Kier alpha value is -1.56. The fraction of sp³-hybridized carbons (Fsp3) is 0.600. The van der Waals surface area contributed by atoms with Gasteiger partial charge in [0.05, 0.1) is 11.9 Å². The molecule has 1 aromatic rings. The Morgan fingerprint density at radius 2 is 2.19 bits per heavy atom. The molecular weight excluding hydrogens is 206 g/mol.